The standard InChI is InChI=1S/C11H6FN3O/c12-10-2-1-7(4-13)3-8(10)9-5-14-6-15-11(9)16/h1-3,5-6H,(H,14,15,16). The number of halogens is 1. The molecule has 1 aromatic heterocycles. The van der Waals surface area contributed by atoms with E-state index in [1.54, 1.807) is 0 Å². The van der Waals surface area contributed by atoms with Crippen molar-refractivity contribution in [3.63, 3.8) is 0 Å². The SMILES string of the molecule is N#Cc1ccc(F)c(-c2cnc[nH]c2=O)c1. The molecule has 0 aliphatic rings. The Balaban J connectivity index is 2.70. The van der Waals surface area contributed by atoms with Gasteiger partial charge in [0.1, 0.15) is 5.82 Å². The second-order valence-corrected chi connectivity index (χ2v) is 3.10. The van der Waals surface area contributed by atoms with E-state index in [4.69, 9.17) is 5.26 Å². The molecule has 4 nitrogen and oxygen atoms in total. The third-order valence-corrected chi connectivity index (χ3v) is 2.10. The molecule has 5 heteroatoms. The Kier molecular flexibility index (Phi) is 2.48. The fraction of sp³-hybridized carbons (Fsp3) is 0. The quantitative estimate of drug-likeness (QED) is 0.782. The van der Waals surface area contributed by atoms with Crippen LogP contribution in [-0.4, -0.2) is 9.97 Å². The fourth-order valence-corrected chi connectivity index (χ4v) is 1.34. The lowest BCUT2D eigenvalue weighted by atomic mass is 10.1. The van der Waals surface area contributed by atoms with Crippen LogP contribution in [0.5, 0.6) is 0 Å². The predicted molar refractivity (Wildman–Crippen MR) is 55.0 cm³/mol. The van der Waals surface area contributed by atoms with Crippen LogP contribution in [0.15, 0.2) is 35.5 Å². The van der Waals surface area contributed by atoms with Gasteiger partial charge in [0.2, 0.25) is 0 Å². The van der Waals surface area contributed by atoms with Crippen molar-refractivity contribution in [3.8, 4) is 17.2 Å². The van der Waals surface area contributed by atoms with E-state index in [0.29, 0.717) is 5.56 Å². The highest BCUT2D eigenvalue weighted by atomic mass is 19.1. The second-order valence-electron chi connectivity index (χ2n) is 3.10. The third kappa shape index (κ3) is 1.68. The number of nitrogens with one attached hydrogen (secondary N) is 1. The minimum Gasteiger partial charge on any atom is -0.313 e. The van der Waals surface area contributed by atoms with Gasteiger partial charge < -0.3 is 4.98 Å². The van der Waals surface area contributed by atoms with Crippen LogP contribution in [-0.2, 0) is 0 Å². The molecule has 0 fully saturated rings. The smallest absolute Gasteiger partial charge is 0.258 e. The Hall–Kier alpha value is -2.48. The second kappa shape index (κ2) is 3.95. The summed E-state index contributed by atoms with van der Waals surface area (Å²) in [5, 5.41) is 8.70. The number of hydrogen-bond acceptors (Lipinski definition) is 3. The van der Waals surface area contributed by atoms with Gasteiger partial charge >= 0.3 is 0 Å². The number of hydrogen-bond donors (Lipinski definition) is 1. The van der Waals surface area contributed by atoms with Crippen molar-refractivity contribution in [3.05, 3.63) is 52.5 Å². The molecule has 1 aromatic carbocycles. The fourth-order valence-electron chi connectivity index (χ4n) is 1.34. The van der Waals surface area contributed by atoms with Gasteiger partial charge in [-0.15, -0.1) is 0 Å². The van der Waals surface area contributed by atoms with Crippen LogP contribution in [0.2, 0.25) is 0 Å². The molecule has 16 heavy (non-hydrogen) atoms. The number of aromatic amines is 1. The van der Waals surface area contributed by atoms with Gasteiger partial charge in [-0.05, 0) is 18.2 Å². The Bertz CT molecular complexity index is 628. The van der Waals surface area contributed by atoms with Gasteiger partial charge in [0.25, 0.3) is 5.56 Å². The summed E-state index contributed by atoms with van der Waals surface area (Å²) in [5.41, 5.74) is 0.0362. The molecule has 2 aromatic rings. The molecule has 0 amide bonds. The molecule has 0 spiro atoms. The molecule has 0 bridgehead atoms. The molecule has 1 N–H and O–H groups in total. The molecule has 0 radical (unpaired) electrons. The summed E-state index contributed by atoms with van der Waals surface area (Å²) in [4.78, 5) is 17.5. The molecule has 0 saturated heterocycles. The van der Waals surface area contributed by atoms with E-state index in [0.717, 1.165) is 6.07 Å². The molecule has 1 heterocycles. The van der Waals surface area contributed by atoms with Crippen LogP contribution in [0.3, 0.4) is 0 Å². The zero-order valence-corrected chi connectivity index (χ0v) is 8.07. The van der Waals surface area contributed by atoms with Crippen molar-refractivity contribution in [2.45, 2.75) is 0 Å². The van der Waals surface area contributed by atoms with Crippen molar-refractivity contribution in [1.29, 1.82) is 5.26 Å². The molecule has 0 atom stereocenters. The third-order valence-electron chi connectivity index (χ3n) is 2.10. The average molecular weight is 215 g/mol. The highest BCUT2D eigenvalue weighted by Crippen LogP contribution is 2.19. The van der Waals surface area contributed by atoms with Crippen LogP contribution in [0, 0.1) is 17.1 Å². The maximum atomic E-state index is 13.5. The summed E-state index contributed by atoms with van der Waals surface area (Å²) in [7, 11) is 0. The number of rotatable bonds is 1. The van der Waals surface area contributed by atoms with Gasteiger partial charge in [-0.25, -0.2) is 9.37 Å². The van der Waals surface area contributed by atoms with Crippen molar-refractivity contribution in [2.24, 2.45) is 0 Å². The number of benzene rings is 1. The summed E-state index contributed by atoms with van der Waals surface area (Å²) >= 11 is 0. The highest BCUT2D eigenvalue weighted by molar-refractivity contribution is 5.64. The van der Waals surface area contributed by atoms with E-state index < -0.39 is 11.4 Å². The van der Waals surface area contributed by atoms with E-state index >= 15 is 0 Å². The first kappa shape index (κ1) is 10.1. The van der Waals surface area contributed by atoms with Crippen LogP contribution < -0.4 is 5.56 Å². The summed E-state index contributed by atoms with van der Waals surface area (Å²) in [5.74, 6) is -0.558. The van der Waals surface area contributed by atoms with Gasteiger partial charge in [0, 0.05) is 11.8 Å². The summed E-state index contributed by atoms with van der Waals surface area (Å²) < 4.78 is 13.5. The highest BCUT2D eigenvalue weighted by Gasteiger charge is 2.09. The molecular formula is C11H6FN3O. The van der Waals surface area contributed by atoms with Crippen molar-refractivity contribution < 1.29 is 4.39 Å². The van der Waals surface area contributed by atoms with E-state index in [2.05, 4.69) is 9.97 Å². The summed E-state index contributed by atoms with van der Waals surface area (Å²) in [6, 6.07) is 5.71. The number of H-pyrrole nitrogens is 1. The van der Waals surface area contributed by atoms with Crippen molar-refractivity contribution in [1.82, 2.24) is 9.97 Å². The van der Waals surface area contributed by atoms with E-state index in [1.807, 2.05) is 6.07 Å². The molecule has 0 aliphatic heterocycles. The predicted octanol–water partition coefficient (Wildman–Crippen LogP) is 1.45. The monoisotopic (exact) mass is 215 g/mol. The van der Waals surface area contributed by atoms with Crippen molar-refractivity contribution >= 4 is 0 Å². The summed E-state index contributed by atoms with van der Waals surface area (Å²) in [6.07, 6.45) is 2.48. The van der Waals surface area contributed by atoms with Gasteiger partial charge in [-0.2, -0.15) is 5.26 Å². The number of aromatic nitrogens is 2. The average Bonchev–Trinajstić information content (AvgIpc) is 2.31. The van der Waals surface area contributed by atoms with Crippen LogP contribution >= 0.6 is 0 Å². The first-order chi connectivity index (χ1) is 7.72. The molecule has 0 unspecified atom stereocenters. The van der Waals surface area contributed by atoms with Crippen LogP contribution in [0.25, 0.3) is 11.1 Å². The van der Waals surface area contributed by atoms with Gasteiger partial charge in [-0.1, -0.05) is 0 Å². The van der Waals surface area contributed by atoms with E-state index in [-0.39, 0.29) is 11.1 Å². The molecule has 2 rings (SSSR count). The Morgan fingerprint density at radius 1 is 1.38 bits per heavy atom. The lowest BCUT2D eigenvalue weighted by Crippen LogP contribution is -2.09. The molecule has 0 saturated carbocycles. The zero-order valence-electron chi connectivity index (χ0n) is 8.07. The largest absolute Gasteiger partial charge is 0.313 e. The van der Waals surface area contributed by atoms with Gasteiger partial charge in [0.05, 0.1) is 23.5 Å². The maximum absolute atomic E-state index is 13.5. The molecule has 78 valence electrons. The minimum atomic E-state index is -0.558. The lowest BCUT2D eigenvalue weighted by Gasteiger charge is -2.01. The Morgan fingerprint density at radius 3 is 2.88 bits per heavy atom. The number of nitriles is 1. The van der Waals surface area contributed by atoms with E-state index in [1.165, 1.54) is 24.7 Å². The molecule has 0 aliphatic carbocycles. The van der Waals surface area contributed by atoms with E-state index in [9.17, 15) is 9.18 Å². The van der Waals surface area contributed by atoms with Gasteiger partial charge in [0.15, 0.2) is 0 Å². The first-order valence-electron chi connectivity index (χ1n) is 4.45. The van der Waals surface area contributed by atoms with Crippen LogP contribution in [0.1, 0.15) is 5.56 Å². The normalized spacial score (nSPS) is 9.75. The first-order valence-corrected chi connectivity index (χ1v) is 4.45. The summed E-state index contributed by atoms with van der Waals surface area (Å²) in [6.45, 7) is 0. The number of nitrogens with zero attached hydrogens (tertiary/aromatic N) is 2. The Labute approximate surface area is 90.0 Å². The minimum absolute atomic E-state index is 0.0772. The maximum Gasteiger partial charge on any atom is 0.258 e. The lowest BCUT2D eigenvalue weighted by molar-refractivity contribution is 0.631. The topological polar surface area (TPSA) is 69.5 Å². The zero-order chi connectivity index (χ0) is 11.5. The van der Waals surface area contributed by atoms with Crippen molar-refractivity contribution in [2.75, 3.05) is 0 Å². The van der Waals surface area contributed by atoms with Crippen LogP contribution in [0.4, 0.5) is 4.39 Å². The Morgan fingerprint density at radius 2 is 2.19 bits per heavy atom. The molecular weight excluding hydrogens is 209 g/mol. The van der Waals surface area contributed by atoms with Gasteiger partial charge in [-0.3, -0.25) is 4.79 Å².